The van der Waals surface area contributed by atoms with E-state index in [0.29, 0.717) is 6.42 Å². The Morgan fingerprint density at radius 1 is 1.43 bits per heavy atom. The van der Waals surface area contributed by atoms with E-state index in [9.17, 15) is 5.11 Å². The number of ether oxygens (including phenoxy) is 3. The number of aliphatic hydroxyl groups is 2. The lowest BCUT2D eigenvalue weighted by atomic mass is 10.1. The third-order valence-corrected chi connectivity index (χ3v) is 2.53. The molecule has 5 nitrogen and oxygen atoms in total. The van der Waals surface area contributed by atoms with E-state index in [1.54, 1.807) is 0 Å². The number of hydrogen-bond acceptors (Lipinski definition) is 5. The molecule has 2 saturated heterocycles. The van der Waals surface area contributed by atoms with Gasteiger partial charge in [0.15, 0.2) is 12.1 Å². The molecule has 1 unspecified atom stereocenters. The van der Waals surface area contributed by atoms with Crippen LogP contribution < -0.4 is 0 Å². The summed E-state index contributed by atoms with van der Waals surface area (Å²) in [6, 6.07) is 0. The van der Waals surface area contributed by atoms with Crippen molar-refractivity contribution in [3.63, 3.8) is 0 Å². The second-order valence-electron chi connectivity index (χ2n) is 4.20. The van der Waals surface area contributed by atoms with Gasteiger partial charge >= 0.3 is 0 Å². The zero-order valence-corrected chi connectivity index (χ0v) is 8.34. The third-order valence-electron chi connectivity index (χ3n) is 2.53. The van der Waals surface area contributed by atoms with E-state index < -0.39 is 18.2 Å². The second-order valence-corrected chi connectivity index (χ2v) is 4.20. The Morgan fingerprint density at radius 2 is 2.14 bits per heavy atom. The molecule has 2 rings (SSSR count). The molecule has 2 fully saturated rings. The van der Waals surface area contributed by atoms with Crippen LogP contribution in [0, 0.1) is 0 Å². The number of aliphatic hydroxyl groups excluding tert-OH is 2. The molecule has 0 amide bonds. The number of hydrogen-bond donors (Lipinski definition) is 2. The summed E-state index contributed by atoms with van der Waals surface area (Å²) in [4.78, 5) is 0. The topological polar surface area (TPSA) is 68.2 Å². The predicted octanol–water partition coefficient (Wildman–Crippen LogP) is -0.394. The SMILES string of the molecule is CC1(C)O[C@H]2O[C@H](C(O)CO)C[C@H]2O1. The highest BCUT2D eigenvalue weighted by Crippen LogP contribution is 2.37. The summed E-state index contributed by atoms with van der Waals surface area (Å²) >= 11 is 0. The third kappa shape index (κ3) is 1.78. The van der Waals surface area contributed by atoms with Crippen LogP contribution in [0.15, 0.2) is 0 Å². The molecule has 82 valence electrons. The number of fused-ring (bicyclic) bond motifs is 1. The molecule has 2 aliphatic heterocycles. The molecule has 0 bridgehead atoms. The maximum absolute atomic E-state index is 9.36. The summed E-state index contributed by atoms with van der Waals surface area (Å²) in [7, 11) is 0. The quantitative estimate of drug-likeness (QED) is 0.641. The van der Waals surface area contributed by atoms with Crippen LogP contribution >= 0.6 is 0 Å². The van der Waals surface area contributed by atoms with Gasteiger partial charge in [-0.25, -0.2) is 0 Å². The molecule has 2 N–H and O–H groups in total. The van der Waals surface area contributed by atoms with Gasteiger partial charge in [0.2, 0.25) is 0 Å². The van der Waals surface area contributed by atoms with E-state index in [4.69, 9.17) is 19.3 Å². The van der Waals surface area contributed by atoms with E-state index in [1.807, 2.05) is 13.8 Å². The van der Waals surface area contributed by atoms with Gasteiger partial charge in [-0.3, -0.25) is 0 Å². The Bertz CT molecular complexity index is 201. The molecule has 2 aliphatic rings. The smallest absolute Gasteiger partial charge is 0.187 e. The Hall–Kier alpha value is -0.200. The maximum atomic E-state index is 9.36. The van der Waals surface area contributed by atoms with Gasteiger partial charge < -0.3 is 24.4 Å². The van der Waals surface area contributed by atoms with Crippen LogP contribution in [0.2, 0.25) is 0 Å². The first kappa shape index (κ1) is 10.3. The van der Waals surface area contributed by atoms with Crippen molar-refractivity contribution < 1.29 is 24.4 Å². The minimum atomic E-state index is -0.851. The molecule has 2 heterocycles. The van der Waals surface area contributed by atoms with E-state index in [-0.39, 0.29) is 18.8 Å². The van der Waals surface area contributed by atoms with Gasteiger partial charge in [0.1, 0.15) is 12.2 Å². The molecule has 5 heteroatoms. The van der Waals surface area contributed by atoms with Crippen molar-refractivity contribution in [2.24, 2.45) is 0 Å². The molecule has 0 aromatic heterocycles. The molecular weight excluding hydrogens is 188 g/mol. The van der Waals surface area contributed by atoms with Gasteiger partial charge in [0, 0.05) is 6.42 Å². The van der Waals surface area contributed by atoms with E-state index >= 15 is 0 Å². The molecule has 0 radical (unpaired) electrons. The van der Waals surface area contributed by atoms with Gasteiger partial charge in [-0.2, -0.15) is 0 Å². The van der Waals surface area contributed by atoms with Crippen molar-refractivity contribution in [3.05, 3.63) is 0 Å². The first-order valence-corrected chi connectivity index (χ1v) is 4.82. The summed E-state index contributed by atoms with van der Waals surface area (Å²) in [5.41, 5.74) is 0. The van der Waals surface area contributed by atoms with Crippen LogP contribution in [0.25, 0.3) is 0 Å². The minimum Gasteiger partial charge on any atom is -0.394 e. The molecule has 0 aliphatic carbocycles. The van der Waals surface area contributed by atoms with Gasteiger partial charge in [0.25, 0.3) is 0 Å². The molecule has 0 aromatic carbocycles. The molecule has 4 atom stereocenters. The fraction of sp³-hybridized carbons (Fsp3) is 1.00. The Morgan fingerprint density at radius 3 is 2.71 bits per heavy atom. The predicted molar refractivity (Wildman–Crippen MR) is 46.4 cm³/mol. The number of rotatable bonds is 2. The van der Waals surface area contributed by atoms with Crippen molar-refractivity contribution in [2.45, 2.75) is 50.7 Å². The highest BCUT2D eigenvalue weighted by Gasteiger charge is 2.49. The molecule has 0 spiro atoms. The summed E-state index contributed by atoms with van der Waals surface area (Å²) < 4.78 is 16.4. The lowest BCUT2D eigenvalue weighted by molar-refractivity contribution is -0.215. The van der Waals surface area contributed by atoms with Crippen molar-refractivity contribution in [1.82, 2.24) is 0 Å². The Kier molecular flexibility index (Phi) is 2.53. The van der Waals surface area contributed by atoms with Crippen LogP contribution in [-0.4, -0.2) is 47.2 Å². The lowest BCUT2D eigenvalue weighted by Crippen LogP contribution is -2.32. The zero-order chi connectivity index (χ0) is 10.3. The largest absolute Gasteiger partial charge is 0.394 e. The highest BCUT2D eigenvalue weighted by atomic mass is 16.8. The fourth-order valence-corrected chi connectivity index (χ4v) is 1.90. The molecule has 0 aromatic rings. The standard InChI is InChI=1S/C9H16O5/c1-9(2)13-7-3-6(5(11)4-10)12-8(7)14-9/h5-8,10-11H,3-4H2,1-2H3/t5?,6-,7+,8+/m0/s1. The normalized spacial score (nSPS) is 42.4. The van der Waals surface area contributed by atoms with Crippen LogP contribution in [0.5, 0.6) is 0 Å². The zero-order valence-electron chi connectivity index (χ0n) is 8.34. The van der Waals surface area contributed by atoms with Gasteiger partial charge in [-0.1, -0.05) is 0 Å². The first-order valence-electron chi connectivity index (χ1n) is 4.82. The van der Waals surface area contributed by atoms with E-state index in [1.165, 1.54) is 0 Å². The Balaban J connectivity index is 1.93. The van der Waals surface area contributed by atoms with Gasteiger partial charge in [0.05, 0.1) is 12.7 Å². The Labute approximate surface area is 82.6 Å². The fourth-order valence-electron chi connectivity index (χ4n) is 1.90. The van der Waals surface area contributed by atoms with Gasteiger partial charge in [-0.05, 0) is 13.8 Å². The summed E-state index contributed by atoms with van der Waals surface area (Å²) in [6.07, 6.45) is -1.20. The highest BCUT2D eigenvalue weighted by molar-refractivity contribution is 4.87. The molecular formula is C9H16O5. The second kappa shape index (κ2) is 3.43. The van der Waals surface area contributed by atoms with Crippen LogP contribution in [-0.2, 0) is 14.2 Å². The first-order chi connectivity index (χ1) is 6.52. The molecule has 0 saturated carbocycles. The minimum absolute atomic E-state index is 0.129. The van der Waals surface area contributed by atoms with Crippen LogP contribution in [0.1, 0.15) is 20.3 Å². The van der Waals surface area contributed by atoms with Crippen LogP contribution in [0.3, 0.4) is 0 Å². The van der Waals surface area contributed by atoms with Crippen molar-refractivity contribution in [1.29, 1.82) is 0 Å². The monoisotopic (exact) mass is 204 g/mol. The molecule has 14 heavy (non-hydrogen) atoms. The lowest BCUT2D eigenvalue weighted by Gasteiger charge is -2.22. The average Bonchev–Trinajstić information content (AvgIpc) is 2.56. The summed E-state index contributed by atoms with van der Waals surface area (Å²) in [5.74, 6) is -0.607. The summed E-state index contributed by atoms with van der Waals surface area (Å²) in [6.45, 7) is 3.35. The van der Waals surface area contributed by atoms with Gasteiger partial charge in [-0.15, -0.1) is 0 Å². The van der Waals surface area contributed by atoms with Crippen LogP contribution in [0.4, 0.5) is 0 Å². The van der Waals surface area contributed by atoms with E-state index in [0.717, 1.165) is 0 Å². The van der Waals surface area contributed by atoms with Crippen molar-refractivity contribution in [2.75, 3.05) is 6.61 Å². The maximum Gasteiger partial charge on any atom is 0.187 e. The van der Waals surface area contributed by atoms with Crippen molar-refractivity contribution >= 4 is 0 Å². The summed E-state index contributed by atoms with van der Waals surface area (Å²) in [5, 5.41) is 18.1. The average molecular weight is 204 g/mol. The van der Waals surface area contributed by atoms with Crippen molar-refractivity contribution in [3.8, 4) is 0 Å². The van der Waals surface area contributed by atoms with E-state index in [2.05, 4.69) is 0 Å².